The van der Waals surface area contributed by atoms with Crippen molar-refractivity contribution in [2.24, 2.45) is 0 Å². The van der Waals surface area contributed by atoms with E-state index in [0.29, 0.717) is 18.2 Å². The van der Waals surface area contributed by atoms with Gasteiger partial charge in [0.05, 0.1) is 11.7 Å². The van der Waals surface area contributed by atoms with Crippen LogP contribution >= 0.6 is 0 Å². The summed E-state index contributed by atoms with van der Waals surface area (Å²) >= 11 is 0. The third-order valence-corrected chi connectivity index (χ3v) is 3.59. The van der Waals surface area contributed by atoms with Gasteiger partial charge in [-0.1, -0.05) is 0 Å². The first-order chi connectivity index (χ1) is 7.46. The van der Waals surface area contributed by atoms with Gasteiger partial charge in [0, 0.05) is 26.3 Å². The second-order valence-electron chi connectivity index (χ2n) is 5.60. The highest BCUT2D eigenvalue weighted by Crippen LogP contribution is 2.23. The largest absolute Gasteiger partial charge is 0.381 e. The van der Waals surface area contributed by atoms with Crippen molar-refractivity contribution in [3.63, 3.8) is 0 Å². The molecule has 3 atom stereocenters. The smallest absolute Gasteiger partial charge is 0.0637 e. The molecule has 0 amide bonds. The summed E-state index contributed by atoms with van der Waals surface area (Å²) in [5, 5.41) is 3.67. The summed E-state index contributed by atoms with van der Waals surface area (Å²) in [5.74, 6) is 0. The van der Waals surface area contributed by atoms with E-state index in [2.05, 4.69) is 26.1 Å². The van der Waals surface area contributed by atoms with Crippen LogP contribution in [0.5, 0.6) is 0 Å². The molecule has 0 aromatic carbocycles. The van der Waals surface area contributed by atoms with Crippen LogP contribution in [0.15, 0.2) is 0 Å². The lowest BCUT2D eigenvalue weighted by Crippen LogP contribution is -2.40. The van der Waals surface area contributed by atoms with Crippen LogP contribution in [-0.4, -0.2) is 38.0 Å². The van der Waals surface area contributed by atoms with Crippen LogP contribution in [0.2, 0.25) is 0 Å². The molecule has 0 saturated heterocycles. The van der Waals surface area contributed by atoms with Gasteiger partial charge in [-0.05, 0) is 46.5 Å². The zero-order valence-corrected chi connectivity index (χ0v) is 11.4. The molecule has 0 spiro atoms. The number of ether oxygens (including phenoxy) is 2. The van der Waals surface area contributed by atoms with E-state index in [1.807, 2.05) is 7.11 Å². The van der Waals surface area contributed by atoms with Crippen LogP contribution in [0.3, 0.4) is 0 Å². The molecule has 0 heterocycles. The molecule has 1 N–H and O–H groups in total. The maximum absolute atomic E-state index is 5.45. The van der Waals surface area contributed by atoms with Gasteiger partial charge in [-0.3, -0.25) is 0 Å². The number of hydrogen-bond acceptors (Lipinski definition) is 3. The molecule has 1 fully saturated rings. The van der Waals surface area contributed by atoms with E-state index in [-0.39, 0.29) is 5.60 Å². The van der Waals surface area contributed by atoms with Crippen LogP contribution < -0.4 is 5.32 Å². The molecule has 0 radical (unpaired) electrons. The van der Waals surface area contributed by atoms with Gasteiger partial charge in [0.25, 0.3) is 0 Å². The second-order valence-corrected chi connectivity index (χ2v) is 5.60. The van der Waals surface area contributed by atoms with Crippen LogP contribution in [0.1, 0.15) is 46.5 Å². The molecule has 96 valence electrons. The van der Waals surface area contributed by atoms with Gasteiger partial charge in [0.15, 0.2) is 0 Å². The average molecular weight is 229 g/mol. The zero-order valence-electron chi connectivity index (χ0n) is 11.4. The third-order valence-electron chi connectivity index (χ3n) is 3.59. The summed E-state index contributed by atoms with van der Waals surface area (Å²) in [5.41, 5.74) is -0.0360. The summed E-state index contributed by atoms with van der Waals surface area (Å²) in [6.45, 7) is 6.51. The fourth-order valence-electron chi connectivity index (χ4n) is 2.59. The Labute approximate surface area is 99.9 Å². The Morgan fingerprint density at radius 3 is 2.50 bits per heavy atom. The molecule has 0 aromatic rings. The van der Waals surface area contributed by atoms with Gasteiger partial charge >= 0.3 is 0 Å². The monoisotopic (exact) mass is 229 g/mol. The van der Waals surface area contributed by atoms with Crippen molar-refractivity contribution in [3.8, 4) is 0 Å². The van der Waals surface area contributed by atoms with Crippen molar-refractivity contribution >= 4 is 0 Å². The van der Waals surface area contributed by atoms with Crippen molar-refractivity contribution in [1.82, 2.24) is 5.32 Å². The van der Waals surface area contributed by atoms with Crippen molar-refractivity contribution in [2.75, 3.05) is 14.2 Å². The molecule has 0 aliphatic heterocycles. The minimum Gasteiger partial charge on any atom is -0.381 e. The van der Waals surface area contributed by atoms with E-state index in [9.17, 15) is 0 Å². The SMILES string of the molecule is COC1CCC(NC(C)CC(C)(C)OC)C1. The summed E-state index contributed by atoms with van der Waals surface area (Å²) in [4.78, 5) is 0. The molecule has 3 heteroatoms. The number of hydrogen-bond donors (Lipinski definition) is 1. The molecule has 1 aliphatic rings. The highest BCUT2D eigenvalue weighted by atomic mass is 16.5. The standard InChI is InChI=1S/C13H27NO2/c1-10(9-13(2,3)16-5)14-11-6-7-12(8-11)15-4/h10-12,14H,6-9H2,1-5H3. The van der Waals surface area contributed by atoms with Gasteiger partial charge in [-0.25, -0.2) is 0 Å². The molecule has 1 aliphatic carbocycles. The molecule has 1 rings (SSSR count). The third kappa shape index (κ3) is 4.40. The Kier molecular flexibility index (Phi) is 5.22. The van der Waals surface area contributed by atoms with Gasteiger partial charge in [-0.2, -0.15) is 0 Å². The first-order valence-electron chi connectivity index (χ1n) is 6.31. The molecular weight excluding hydrogens is 202 g/mol. The van der Waals surface area contributed by atoms with Gasteiger partial charge in [-0.15, -0.1) is 0 Å². The van der Waals surface area contributed by atoms with Crippen LogP contribution in [-0.2, 0) is 9.47 Å². The van der Waals surface area contributed by atoms with Crippen LogP contribution in [0, 0.1) is 0 Å². The number of nitrogens with one attached hydrogen (secondary N) is 1. The highest BCUT2D eigenvalue weighted by molar-refractivity contribution is 4.85. The van der Waals surface area contributed by atoms with Crippen molar-refractivity contribution in [3.05, 3.63) is 0 Å². The Morgan fingerprint density at radius 1 is 1.31 bits per heavy atom. The Balaban J connectivity index is 2.27. The Hall–Kier alpha value is -0.120. The van der Waals surface area contributed by atoms with Crippen LogP contribution in [0.4, 0.5) is 0 Å². The van der Waals surface area contributed by atoms with Crippen LogP contribution in [0.25, 0.3) is 0 Å². The number of methoxy groups -OCH3 is 2. The van der Waals surface area contributed by atoms with Gasteiger partial charge in [0.1, 0.15) is 0 Å². The van der Waals surface area contributed by atoms with E-state index in [0.717, 1.165) is 12.8 Å². The highest BCUT2D eigenvalue weighted by Gasteiger charge is 2.27. The Morgan fingerprint density at radius 2 is 2.00 bits per heavy atom. The molecule has 16 heavy (non-hydrogen) atoms. The van der Waals surface area contributed by atoms with E-state index in [1.54, 1.807) is 7.11 Å². The average Bonchev–Trinajstić information content (AvgIpc) is 2.64. The lowest BCUT2D eigenvalue weighted by atomic mass is 9.99. The van der Waals surface area contributed by atoms with Crippen molar-refractivity contribution < 1.29 is 9.47 Å². The minimum atomic E-state index is -0.0360. The summed E-state index contributed by atoms with van der Waals surface area (Å²) in [6, 6.07) is 1.11. The lowest BCUT2D eigenvalue weighted by molar-refractivity contribution is 0.00756. The lowest BCUT2D eigenvalue weighted by Gasteiger charge is -2.29. The molecule has 0 aromatic heterocycles. The predicted octanol–water partition coefficient (Wildman–Crippen LogP) is 2.35. The van der Waals surface area contributed by atoms with Gasteiger partial charge in [0.2, 0.25) is 0 Å². The summed E-state index contributed by atoms with van der Waals surface area (Å²) < 4.78 is 10.8. The van der Waals surface area contributed by atoms with E-state index in [4.69, 9.17) is 9.47 Å². The fraction of sp³-hybridized carbons (Fsp3) is 1.00. The Bertz CT molecular complexity index is 206. The maximum atomic E-state index is 5.45. The molecule has 0 bridgehead atoms. The van der Waals surface area contributed by atoms with Crippen molar-refractivity contribution in [1.29, 1.82) is 0 Å². The normalized spacial score (nSPS) is 28.3. The van der Waals surface area contributed by atoms with Crippen molar-refractivity contribution in [2.45, 2.75) is 70.2 Å². The topological polar surface area (TPSA) is 30.5 Å². The van der Waals surface area contributed by atoms with E-state index >= 15 is 0 Å². The predicted molar refractivity (Wildman–Crippen MR) is 66.7 cm³/mol. The summed E-state index contributed by atoms with van der Waals surface area (Å²) in [6.07, 6.45) is 5.07. The van der Waals surface area contributed by atoms with E-state index < -0.39 is 0 Å². The van der Waals surface area contributed by atoms with E-state index in [1.165, 1.54) is 12.8 Å². The summed E-state index contributed by atoms with van der Waals surface area (Å²) in [7, 11) is 3.59. The zero-order chi connectivity index (χ0) is 12.2. The second kappa shape index (κ2) is 5.99. The molecular formula is C13H27NO2. The quantitative estimate of drug-likeness (QED) is 0.758. The van der Waals surface area contributed by atoms with Gasteiger partial charge < -0.3 is 14.8 Å². The number of rotatable bonds is 6. The molecule has 3 nitrogen and oxygen atoms in total. The maximum Gasteiger partial charge on any atom is 0.0637 e. The fourth-order valence-corrected chi connectivity index (χ4v) is 2.59. The first-order valence-corrected chi connectivity index (χ1v) is 6.31. The molecule has 3 unspecified atom stereocenters. The first kappa shape index (κ1) is 13.9. The molecule has 1 saturated carbocycles. The minimum absolute atomic E-state index is 0.0360.